The molecule has 0 spiro atoms. The number of thiocarbonyl (C=S) groups is 1. The van der Waals surface area contributed by atoms with Crippen LogP contribution in [0.1, 0.15) is 31.2 Å². The van der Waals surface area contributed by atoms with Gasteiger partial charge in [0.05, 0.1) is 4.91 Å². The molecule has 4 nitrogen and oxygen atoms in total. The van der Waals surface area contributed by atoms with Gasteiger partial charge in [-0.1, -0.05) is 58.5 Å². The van der Waals surface area contributed by atoms with Crippen LogP contribution in [-0.2, 0) is 9.59 Å². The first-order chi connectivity index (χ1) is 11.0. The molecule has 122 valence electrons. The monoisotopic (exact) mass is 412 g/mol. The van der Waals surface area contributed by atoms with E-state index in [0.29, 0.717) is 22.2 Å². The normalized spacial score (nSPS) is 16.4. The first-order valence-corrected chi connectivity index (χ1v) is 9.20. The van der Waals surface area contributed by atoms with Crippen molar-refractivity contribution in [3.63, 3.8) is 0 Å². The molecule has 1 aromatic rings. The van der Waals surface area contributed by atoms with Gasteiger partial charge in [-0.3, -0.25) is 9.69 Å². The smallest absolute Gasteiger partial charge is 0.266 e. The molecule has 0 aliphatic carbocycles. The van der Waals surface area contributed by atoms with Gasteiger partial charge in [0.25, 0.3) is 5.91 Å². The maximum Gasteiger partial charge on any atom is 0.266 e. The zero-order chi connectivity index (χ0) is 16.8. The number of carboxylic acid groups (broad SMARTS) is 1. The van der Waals surface area contributed by atoms with Crippen molar-refractivity contribution in [3.05, 3.63) is 39.2 Å². The molecule has 0 bridgehead atoms. The van der Waals surface area contributed by atoms with Gasteiger partial charge in [-0.2, -0.15) is 0 Å². The molecule has 1 saturated heterocycles. The lowest BCUT2D eigenvalue weighted by atomic mass is 10.2. The summed E-state index contributed by atoms with van der Waals surface area (Å²) in [7, 11) is 0. The highest BCUT2D eigenvalue weighted by Gasteiger charge is 2.31. The number of thioether (sulfide) groups is 1. The summed E-state index contributed by atoms with van der Waals surface area (Å²) in [6.07, 6.45) is 3.91. The van der Waals surface area contributed by atoms with Crippen LogP contribution in [0.25, 0.3) is 6.08 Å². The van der Waals surface area contributed by atoms with Crippen LogP contribution in [0.4, 0.5) is 0 Å². The number of halogens is 1. The van der Waals surface area contributed by atoms with Crippen LogP contribution < -0.4 is 5.11 Å². The van der Waals surface area contributed by atoms with Crippen LogP contribution in [0.3, 0.4) is 0 Å². The lowest BCUT2D eigenvalue weighted by molar-refractivity contribution is -0.305. The van der Waals surface area contributed by atoms with Gasteiger partial charge in [-0.25, -0.2) is 0 Å². The molecule has 1 aromatic carbocycles. The van der Waals surface area contributed by atoms with E-state index < -0.39 is 5.97 Å². The number of aliphatic carboxylic acids is 1. The first-order valence-electron chi connectivity index (χ1n) is 7.18. The second kappa shape index (κ2) is 8.61. The molecule has 2 rings (SSSR count). The Morgan fingerprint density at radius 3 is 2.61 bits per heavy atom. The Hall–Kier alpha value is -1.18. The number of amides is 1. The van der Waals surface area contributed by atoms with Gasteiger partial charge in [0.1, 0.15) is 4.32 Å². The highest BCUT2D eigenvalue weighted by atomic mass is 79.9. The van der Waals surface area contributed by atoms with E-state index in [-0.39, 0.29) is 12.3 Å². The molecular formula is C16H15BrNO3S2-. The minimum Gasteiger partial charge on any atom is -0.550 e. The number of hydrogen-bond acceptors (Lipinski definition) is 5. The molecule has 7 heteroatoms. The lowest BCUT2D eigenvalue weighted by Gasteiger charge is -2.14. The van der Waals surface area contributed by atoms with Crippen molar-refractivity contribution in [1.29, 1.82) is 0 Å². The van der Waals surface area contributed by atoms with Crippen molar-refractivity contribution in [2.24, 2.45) is 0 Å². The first kappa shape index (κ1) is 18.2. The number of nitrogens with zero attached hydrogens (tertiary/aromatic N) is 1. The van der Waals surface area contributed by atoms with E-state index in [4.69, 9.17) is 12.2 Å². The van der Waals surface area contributed by atoms with Gasteiger partial charge in [-0.15, -0.1) is 0 Å². The Morgan fingerprint density at radius 1 is 1.26 bits per heavy atom. The number of benzene rings is 1. The number of carbonyl (C=O) groups is 2. The van der Waals surface area contributed by atoms with Gasteiger partial charge < -0.3 is 9.90 Å². The number of hydrogen-bond donors (Lipinski definition) is 0. The molecule has 0 saturated carbocycles. The third kappa shape index (κ3) is 5.44. The number of rotatable bonds is 7. The van der Waals surface area contributed by atoms with Gasteiger partial charge >= 0.3 is 0 Å². The summed E-state index contributed by atoms with van der Waals surface area (Å²) in [5, 5.41) is 10.4. The molecule has 0 N–H and O–H groups in total. The van der Waals surface area contributed by atoms with Crippen LogP contribution in [-0.4, -0.2) is 27.6 Å². The standard InChI is InChI=1S/C16H16BrNO3S2/c17-12-7-5-11(6-8-12)10-13-15(21)18(16(22)23-13)9-3-1-2-4-14(19)20/h5-8,10H,1-4,9H2,(H,19,20)/p-1/b13-10+. The van der Waals surface area contributed by atoms with Gasteiger partial charge in [0, 0.05) is 17.0 Å². The van der Waals surface area contributed by atoms with Crippen LogP contribution in [0.15, 0.2) is 33.6 Å². The van der Waals surface area contributed by atoms with E-state index in [1.165, 1.54) is 11.8 Å². The maximum absolute atomic E-state index is 12.4. The quantitative estimate of drug-likeness (QED) is 0.391. The fraction of sp³-hybridized carbons (Fsp3) is 0.312. The molecular weight excluding hydrogens is 398 g/mol. The largest absolute Gasteiger partial charge is 0.550 e. The van der Waals surface area contributed by atoms with E-state index in [0.717, 1.165) is 22.9 Å². The van der Waals surface area contributed by atoms with Crippen molar-refractivity contribution in [2.75, 3.05) is 6.54 Å². The highest BCUT2D eigenvalue weighted by molar-refractivity contribution is 9.10. The molecule has 1 aliphatic rings. The van der Waals surface area contributed by atoms with E-state index in [9.17, 15) is 14.7 Å². The Morgan fingerprint density at radius 2 is 1.96 bits per heavy atom. The summed E-state index contributed by atoms with van der Waals surface area (Å²) in [6.45, 7) is 0.523. The second-order valence-corrected chi connectivity index (χ2v) is 7.66. The summed E-state index contributed by atoms with van der Waals surface area (Å²) in [5.74, 6) is -1.11. The molecule has 0 radical (unpaired) electrons. The topological polar surface area (TPSA) is 60.4 Å². The maximum atomic E-state index is 12.4. The van der Waals surface area contributed by atoms with Crippen LogP contribution in [0.2, 0.25) is 0 Å². The predicted octanol–water partition coefficient (Wildman–Crippen LogP) is 2.96. The predicted molar refractivity (Wildman–Crippen MR) is 97.5 cm³/mol. The van der Waals surface area contributed by atoms with Crippen molar-refractivity contribution in [1.82, 2.24) is 4.90 Å². The van der Waals surface area contributed by atoms with Crippen LogP contribution >= 0.6 is 39.9 Å². The SMILES string of the molecule is O=C([O-])CCCCCN1C(=O)/C(=C\c2ccc(Br)cc2)SC1=S. The highest BCUT2D eigenvalue weighted by Crippen LogP contribution is 2.32. The van der Waals surface area contributed by atoms with Gasteiger partial charge in [-0.05, 0) is 43.0 Å². The van der Waals surface area contributed by atoms with Crippen molar-refractivity contribution in [3.8, 4) is 0 Å². The molecule has 23 heavy (non-hydrogen) atoms. The summed E-state index contributed by atoms with van der Waals surface area (Å²) in [4.78, 5) is 24.9. The summed E-state index contributed by atoms with van der Waals surface area (Å²) < 4.78 is 1.54. The van der Waals surface area contributed by atoms with Crippen LogP contribution in [0.5, 0.6) is 0 Å². The molecule has 1 heterocycles. The molecule has 1 aliphatic heterocycles. The number of unbranched alkanes of at least 4 members (excludes halogenated alkanes) is 2. The summed E-state index contributed by atoms with van der Waals surface area (Å²) >= 11 is 9.95. The average Bonchev–Trinajstić information content (AvgIpc) is 2.76. The third-order valence-electron chi connectivity index (χ3n) is 3.30. The second-order valence-electron chi connectivity index (χ2n) is 5.07. The van der Waals surface area contributed by atoms with Gasteiger partial charge in [0.15, 0.2) is 0 Å². The number of carbonyl (C=O) groups excluding carboxylic acids is 2. The fourth-order valence-electron chi connectivity index (χ4n) is 2.12. The van der Waals surface area contributed by atoms with Crippen molar-refractivity contribution < 1.29 is 14.7 Å². The minimum absolute atomic E-state index is 0.0574. The summed E-state index contributed by atoms with van der Waals surface area (Å²) in [6, 6.07) is 7.70. The average molecular weight is 413 g/mol. The molecule has 0 atom stereocenters. The Balaban J connectivity index is 1.91. The molecule has 1 amide bonds. The van der Waals surface area contributed by atoms with Crippen LogP contribution in [0, 0.1) is 0 Å². The minimum atomic E-state index is -1.03. The third-order valence-corrected chi connectivity index (χ3v) is 5.21. The molecule has 0 aromatic heterocycles. The van der Waals surface area contributed by atoms with E-state index >= 15 is 0 Å². The summed E-state index contributed by atoms with van der Waals surface area (Å²) in [5.41, 5.74) is 0.947. The Kier molecular flexibility index (Phi) is 6.80. The molecule has 1 fully saturated rings. The Labute approximate surface area is 153 Å². The van der Waals surface area contributed by atoms with E-state index in [1.807, 2.05) is 30.3 Å². The van der Waals surface area contributed by atoms with Crippen molar-refractivity contribution >= 4 is 62.2 Å². The fourth-order valence-corrected chi connectivity index (χ4v) is 3.69. The zero-order valence-electron chi connectivity index (χ0n) is 12.3. The number of carboxylic acids is 1. The Bertz CT molecular complexity index is 643. The van der Waals surface area contributed by atoms with Crippen molar-refractivity contribution in [2.45, 2.75) is 25.7 Å². The zero-order valence-corrected chi connectivity index (χ0v) is 15.5. The van der Waals surface area contributed by atoms with E-state index in [1.54, 1.807) is 4.90 Å². The van der Waals surface area contributed by atoms with Gasteiger partial charge in [0.2, 0.25) is 0 Å². The lowest BCUT2D eigenvalue weighted by Crippen LogP contribution is -2.29. The van der Waals surface area contributed by atoms with E-state index in [2.05, 4.69) is 15.9 Å². The molecule has 0 unspecified atom stereocenters.